The van der Waals surface area contributed by atoms with Gasteiger partial charge in [-0.2, -0.15) is 5.10 Å². The van der Waals surface area contributed by atoms with Gasteiger partial charge in [0, 0.05) is 25.7 Å². The second-order valence-corrected chi connectivity index (χ2v) is 5.79. The predicted molar refractivity (Wildman–Crippen MR) is 75.9 cm³/mol. The Morgan fingerprint density at radius 3 is 2.72 bits per heavy atom. The summed E-state index contributed by atoms with van der Waals surface area (Å²) in [7, 11) is 2.05. The molecule has 2 heterocycles. The smallest absolute Gasteiger partial charge is 0.130 e. The molecule has 18 heavy (non-hydrogen) atoms. The van der Waals surface area contributed by atoms with Gasteiger partial charge in [-0.05, 0) is 38.1 Å². The molecule has 1 saturated heterocycles. The molecular weight excluding hydrogens is 224 g/mol. The van der Waals surface area contributed by atoms with Crippen LogP contribution in [-0.4, -0.2) is 29.4 Å². The van der Waals surface area contributed by atoms with Gasteiger partial charge < -0.3 is 10.6 Å². The first-order chi connectivity index (χ1) is 8.54. The van der Waals surface area contributed by atoms with Crippen molar-refractivity contribution in [2.75, 3.05) is 24.5 Å². The number of hydrogen-bond donors (Lipinski definition) is 1. The summed E-state index contributed by atoms with van der Waals surface area (Å²) in [5.41, 5.74) is 8.19. The molecule has 0 bridgehead atoms. The Balaban J connectivity index is 2.23. The molecule has 1 fully saturated rings. The molecule has 2 N–H and O–H groups in total. The van der Waals surface area contributed by atoms with E-state index in [9.17, 15) is 0 Å². The van der Waals surface area contributed by atoms with E-state index in [0.29, 0.717) is 6.54 Å². The van der Waals surface area contributed by atoms with E-state index in [2.05, 4.69) is 30.8 Å². The average Bonchev–Trinajstić information content (AvgIpc) is 2.86. The van der Waals surface area contributed by atoms with Crippen molar-refractivity contribution in [3.05, 3.63) is 11.3 Å². The largest absolute Gasteiger partial charge is 0.356 e. The lowest BCUT2D eigenvalue weighted by atomic mass is 9.95. The highest BCUT2D eigenvalue weighted by Gasteiger charge is 2.28. The van der Waals surface area contributed by atoms with E-state index in [4.69, 9.17) is 5.73 Å². The van der Waals surface area contributed by atoms with Crippen LogP contribution in [0.3, 0.4) is 0 Å². The number of rotatable bonds is 4. The zero-order chi connectivity index (χ0) is 13.3. The molecule has 1 atom stereocenters. The Morgan fingerprint density at radius 1 is 1.44 bits per heavy atom. The van der Waals surface area contributed by atoms with Crippen LogP contribution in [0.4, 0.5) is 5.82 Å². The zero-order valence-corrected chi connectivity index (χ0v) is 12.1. The maximum absolute atomic E-state index is 5.73. The van der Waals surface area contributed by atoms with Crippen molar-refractivity contribution >= 4 is 5.82 Å². The van der Waals surface area contributed by atoms with E-state index in [1.54, 1.807) is 0 Å². The number of hydrogen-bond acceptors (Lipinski definition) is 3. The van der Waals surface area contributed by atoms with Crippen LogP contribution in [0.1, 0.15) is 31.5 Å². The minimum Gasteiger partial charge on any atom is -0.356 e. The van der Waals surface area contributed by atoms with Gasteiger partial charge in [-0.3, -0.25) is 4.68 Å². The van der Waals surface area contributed by atoms with E-state index in [0.717, 1.165) is 37.0 Å². The molecule has 1 aliphatic rings. The van der Waals surface area contributed by atoms with Crippen LogP contribution in [0.25, 0.3) is 0 Å². The fourth-order valence-electron chi connectivity index (χ4n) is 3.05. The molecule has 0 spiro atoms. The third-order valence-electron chi connectivity index (χ3n) is 4.17. The van der Waals surface area contributed by atoms with Crippen LogP contribution < -0.4 is 10.6 Å². The highest BCUT2D eigenvalue weighted by Crippen LogP contribution is 2.31. The first kappa shape index (κ1) is 13.4. The third kappa shape index (κ3) is 2.39. The lowest BCUT2D eigenvalue weighted by Gasteiger charge is -2.21. The standard InChI is InChI=1S/C14H26N4/c1-10(2)12-6-8-18(9-12)14-13(5-7-15)11(3)16-17(14)4/h10,12H,5-9,15H2,1-4H3. The van der Waals surface area contributed by atoms with E-state index in [1.165, 1.54) is 17.8 Å². The second kappa shape index (κ2) is 5.31. The molecule has 1 unspecified atom stereocenters. The zero-order valence-electron chi connectivity index (χ0n) is 12.1. The Bertz CT molecular complexity index is 408. The number of anilines is 1. The van der Waals surface area contributed by atoms with Crippen molar-refractivity contribution < 1.29 is 0 Å². The molecular formula is C14H26N4. The van der Waals surface area contributed by atoms with Crippen molar-refractivity contribution in [3.8, 4) is 0 Å². The molecule has 2 rings (SSSR count). The average molecular weight is 250 g/mol. The number of nitrogens with zero attached hydrogens (tertiary/aromatic N) is 3. The van der Waals surface area contributed by atoms with Crippen molar-refractivity contribution in [1.29, 1.82) is 0 Å². The van der Waals surface area contributed by atoms with Gasteiger partial charge in [0.2, 0.25) is 0 Å². The maximum atomic E-state index is 5.73. The van der Waals surface area contributed by atoms with Gasteiger partial charge in [-0.25, -0.2) is 0 Å². The first-order valence-electron chi connectivity index (χ1n) is 7.02. The highest BCUT2D eigenvalue weighted by molar-refractivity contribution is 5.51. The van der Waals surface area contributed by atoms with Crippen LogP contribution in [0, 0.1) is 18.8 Å². The summed E-state index contributed by atoms with van der Waals surface area (Å²) in [5, 5.41) is 4.56. The van der Waals surface area contributed by atoms with Crippen LogP contribution >= 0.6 is 0 Å². The number of aromatic nitrogens is 2. The van der Waals surface area contributed by atoms with Crippen LogP contribution in [-0.2, 0) is 13.5 Å². The summed E-state index contributed by atoms with van der Waals surface area (Å²) in [6, 6.07) is 0. The van der Waals surface area contributed by atoms with Crippen LogP contribution in [0.2, 0.25) is 0 Å². The quantitative estimate of drug-likeness (QED) is 0.885. The van der Waals surface area contributed by atoms with Gasteiger partial charge in [0.05, 0.1) is 5.69 Å². The molecule has 0 aromatic carbocycles. The van der Waals surface area contributed by atoms with Crippen LogP contribution in [0.15, 0.2) is 0 Å². The maximum Gasteiger partial charge on any atom is 0.130 e. The monoisotopic (exact) mass is 250 g/mol. The number of nitrogens with two attached hydrogens (primary N) is 1. The van der Waals surface area contributed by atoms with Crippen molar-refractivity contribution in [2.24, 2.45) is 24.6 Å². The number of aryl methyl sites for hydroxylation is 2. The fourth-order valence-corrected chi connectivity index (χ4v) is 3.05. The fraction of sp³-hybridized carbons (Fsp3) is 0.786. The topological polar surface area (TPSA) is 47.1 Å². The van der Waals surface area contributed by atoms with E-state index < -0.39 is 0 Å². The summed E-state index contributed by atoms with van der Waals surface area (Å²) in [6.45, 7) is 9.74. The van der Waals surface area contributed by atoms with Gasteiger partial charge in [-0.1, -0.05) is 13.8 Å². The van der Waals surface area contributed by atoms with Gasteiger partial charge in [0.1, 0.15) is 5.82 Å². The Labute approximate surface area is 110 Å². The normalized spacial score (nSPS) is 20.1. The molecule has 0 radical (unpaired) electrons. The molecule has 1 aromatic heterocycles. The molecule has 0 amide bonds. The summed E-state index contributed by atoms with van der Waals surface area (Å²) in [5.74, 6) is 2.87. The first-order valence-corrected chi connectivity index (χ1v) is 7.02. The molecule has 0 aliphatic carbocycles. The van der Waals surface area contributed by atoms with Gasteiger partial charge in [0.25, 0.3) is 0 Å². The Hall–Kier alpha value is -1.03. The second-order valence-electron chi connectivity index (χ2n) is 5.79. The lowest BCUT2D eigenvalue weighted by molar-refractivity contribution is 0.422. The minimum atomic E-state index is 0.695. The highest BCUT2D eigenvalue weighted by atomic mass is 15.4. The molecule has 1 aromatic rings. The SMILES string of the molecule is Cc1nn(C)c(N2CCC(C(C)C)C2)c1CCN. The summed E-state index contributed by atoms with van der Waals surface area (Å²) in [4.78, 5) is 2.50. The third-order valence-corrected chi connectivity index (χ3v) is 4.17. The summed E-state index contributed by atoms with van der Waals surface area (Å²) < 4.78 is 2.03. The molecule has 102 valence electrons. The van der Waals surface area contributed by atoms with Crippen molar-refractivity contribution in [1.82, 2.24) is 9.78 Å². The molecule has 0 saturated carbocycles. The van der Waals surface area contributed by atoms with Crippen LogP contribution in [0.5, 0.6) is 0 Å². The Morgan fingerprint density at radius 2 is 2.17 bits per heavy atom. The van der Waals surface area contributed by atoms with E-state index in [-0.39, 0.29) is 0 Å². The van der Waals surface area contributed by atoms with E-state index >= 15 is 0 Å². The van der Waals surface area contributed by atoms with Crippen molar-refractivity contribution in [3.63, 3.8) is 0 Å². The Kier molecular flexibility index (Phi) is 3.95. The summed E-state index contributed by atoms with van der Waals surface area (Å²) >= 11 is 0. The molecule has 4 heteroatoms. The van der Waals surface area contributed by atoms with Gasteiger partial charge in [0.15, 0.2) is 0 Å². The van der Waals surface area contributed by atoms with Gasteiger partial charge >= 0.3 is 0 Å². The van der Waals surface area contributed by atoms with Gasteiger partial charge in [-0.15, -0.1) is 0 Å². The minimum absolute atomic E-state index is 0.695. The molecule has 4 nitrogen and oxygen atoms in total. The lowest BCUT2D eigenvalue weighted by Crippen LogP contribution is -2.25. The molecule has 1 aliphatic heterocycles. The predicted octanol–water partition coefficient (Wildman–Crippen LogP) is 1.71. The summed E-state index contributed by atoms with van der Waals surface area (Å²) in [6.07, 6.45) is 2.22. The van der Waals surface area contributed by atoms with Crippen molar-refractivity contribution in [2.45, 2.75) is 33.6 Å². The van der Waals surface area contributed by atoms with E-state index in [1.807, 2.05) is 11.7 Å².